The van der Waals surface area contributed by atoms with Crippen molar-refractivity contribution in [2.75, 3.05) is 5.73 Å². The van der Waals surface area contributed by atoms with Gasteiger partial charge < -0.3 is 10.3 Å². The number of hydrogen-bond acceptors (Lipinski definition) is 2. The summed E-state index contributed by atoms with van der Waals surface area (Å²) in [7, 11) is 0. The minimum atomic E-state index is 0.687. The molecule has 0 amide bonds. The Bertz CT molecular complexity index is 794. The maximum absolute atomic E-state index is 6.34. The van der Waals surface area contributed by atoms with Crippen molar-refractivity contribution in [2.24, 2.45) is 0 Å². The fourth-order valence-electron chi connectivity index (χ4n) is 2.75. The molecule has 0 aliphatic heterocycles. The molecular weight excluding hydrogens is 258 g/mol. The Balaban J connectivity index is 2.26. The third kappa shape index (κ3) is 2.21. The third-order valence-corrected chi connectivity index (χ3v) is 3.76. The van der Waals surface area contributed by atoms with Crippen LogP contribution in [0.5, 0.6) is 0 Å². The zero-order valence-electron chi connectivity index (χ0n) is 12.2. The van der Waals surface area contributed by atoms with Crippen molar-refractivity contribution in [2.45, 2.75) is 19.9 Å². The van der Waals surface area contributed by atoms with Crippen molar-refractivity contribution in [3.05, 3.63) is 60.9 Å². The van der Waals surface area contributed by atoms with Crippen LogP contribution in [0.1, 0.15) is 12.7 Å². The van der Waals surface area contributed by atoms with E-state index in [4.69, 9.17) is 10.7 Å². The van der Waals surface area contributed by atoms with Gasteiger partial charge in [-0.15, -0.1) is 6.58 Å². The highest BCUT2D eigenvalue weighted by atomic mass is 15.1. The molecular formula is C18H19N3. The number of nitrogens with two attached hydrogens (primary N) is 1. The average Bonchev–Trinajstić information content (AvgIpc) is 2.84. The smallest absolute Gasteiger partial charge is 0.132 e. The maximum Gasteiger partial charge on any atom is 0.132 e. The summed E-state index contributed by atoms with van der Waals surface area (Å²) in [5, 5.41) is 2.38. The van der Waals surface area contributed by atoms with Crippen LogP contribution < -0.4 is 5.73 Å². The number of imidazole rings is 1. The van der Waals surface area contributed by atoms with Crippen molar-refractivity contribution in [3.8, 4) is 11.3 Å². The van der Waals surface area contributed by atoms with E-state index >= 15 is 0 Å². The van der Waals surface area contributed by atoms with Crippen molar-refractivity contribution in [1.82, 2.24) is 9.55 Å². The standard InChI is InChI=1S/C18H19N3/c1-3-12-21-16(4-2)20-17(18(21)19)15-11-7-9-13-8-5-6-10-14(13)15/h3,5-11H,1,4,12,19H2,2H3. The second kappa shape index (κ2) is 5.44. The molecule has 0 aliphatic rings. The van der Waals surface area contributed by atoms with Crippen molar-refractivity contribution < 1.29 is 0 Å². The van der Waals surface area contributed by atoms with Crippen LogP contribution in [0.3, 0.4) is 0 Å². The molecule has 1 heterocycles. The molecule has 0 aliphatic carbocycles. The summed E-state index contributed by atoms with van der Waals surface area (Å²) in [4.78, 5) is 4.76. The summed E-state index contributed by atoms with van der Waals surface area (Å²) in [6.07, 6.45) is 2.70. The number of rotatable bonds is 4. The molecule has 2 N–H and O–H groups in total. The molecule has 3 rings (SSSR count). The lowest BCUT2D eigenvalue weighted by atomic mass is 10.0. The molecule has 3 nitrogen and oxygen atoms in total. The first-order valence-electron chi connectivity index (χ1n) is 7.20. The van der Waals surface area contributed by atoms with Gasteiger partial charge in [-0.25, -0.2) is 4.98 Å². The molecule has 0 atom stereocenters. The number of fused-ring (bicyclic) bond motifs is 1. The molecule has 0 bridgehead atoms. The second-order valence-electron chi connectivity index (χ2n) is 5.04. The Hall–Kier alpha value is -2.55. The Morgan fingerprint density at radius 1 is 1.19 bits per heavy atom. The van der Waals surface area contributed by atoms with Gasteiger partial charge in [-0.1, -0.05) is 55.5 Å². The highest BCUT2D eigenvalue weighted by Crippen LogP contribution is 2.32. The molecule has 21 heavy (non-hydrogen) atoms. The first-order valence-corrected chi connectivity index (χ1v) is 7.20. The Kier molecular flexibility index (Phi) is 3.48. The number of benzene rings is 2. The normalized spacial score (nSPS) is 10.9. The first kappa shape index (κ1) is 13.4. The number of anilines is 1. The van der Waals surface area contributed by atoms with Crippen LogP contribution in [0.4, 0.5) is 5.82 Å². The van der Waals surface area contributed by atoms with E-state index in [-0.39, 0.29) is 0 Å². The van der Waals surface area contributed by atoms with Gasteiger partial charge in [0.05, 0.1) is 0 Å². The van der Waals surface area contributed by atoms with E-state index in [1.165, 1.54) is 10.8 Å². The minimum absolute atomic E-state index is 0.687. The van der Waals surface area contributed by atoms with Crippen LogP contribution in [-0.4, -0.2) is 9.55 Å². The van der Waals surface area contributed by atoms with E-state index in [0.717, 1.165) is 23.5 Å². The van der Waals surface area contributed by atoms with E-state index in [2.05, 4.69) is 43.8 Å². The highest BCUT2D eigenvalue weighted by Gasteiger charge is 2.16. The molecule has 106 valence electrons. The largest absolute Gasteiger partial charge is 0.383 e. The lowest BCUT2D eigenvalue weighted by molar-refractivity contribution is 0.757. The number of allylic oxidation sites excluding steroid dienone is 1. The van der Waals surface area contributed by atoms with Crippen LogP contribution in [0.25, 0.3) is 22.0 Å². The molecule has 3 heteroatoms. The van der Waals surface area contributed by atoms with E-state index in [1.807, 2.05) is 22.8 Å². The fraction of sp³-hybridized carbons (Fsp3) is 0.167. The quantitative estimate of drug-likeness (QED) is 0.732. The monoisotopic (exact) mass is 277 g/mol. The van der Waals surface area contributed by atoms with E-state index in [9.17, 15) is 0 Å². The molecule has 2 aromatic carbocycles. The third-order valence-electron chi connectivity index (χ3n) is 3.76. The molecule has 0 unspecified atom stereocenters. The summed E-state index contributed by atoms with van der Waals surface area (Å²) in [5.74, 6) is 1.71. The first-order chi connectivity index (χ1) is 10.3. The lowest BCUT2D eigenvalue weighted by Gasteiger charge is -2.07. The number of nitrogen functional groups attached to an aromatic ring is 1. The van der Waals surface area contributed by atoms with Gasteiger partial charge >= 0.3 is 0 Å². The van der Waals surface area contributed by atoms with E-state index in [0.29, 0.717) is 12.4 Å². The zero-order chi connectivity index (χ0) is 14.8. The van der Waals surface area contributed by atoms with Gasteiger partial charge in [0.2, 0.25) is 0 Å². The molecule has 0 fully saturated rings. The van der Waals surface area contributed by atoms with Crippen molar-refractivity contribution in [3.63, 3.8) is 0 Å². The molecule has 0 spiro atoms. The van der Waals surface area contributed by atoms with Gasteiger partial charge in [0.25, 0.3) is 0 Å². The lowest BCUT2D eigenvalue weighted by Crippen LogP contribution is -2.05. The Morgan fingerprint density at radius 3 is 2.71 bits per heavy atom. The SMILES string of the molecule is C=CCn1c(CC)nc(-c2cccc3ccccc23)c1N. The van der Waals surface area contributed by atoms with Gasteiger partial charge in [0, 0.05) is 18.5 Å². The topological polar surface area (TPSA) is 43.8 Å². The predicted molar refractivity (Wildman–Crippen MR) is 89.2 cm³/mol. The van der Waals surface area contributed by atoms with Gasteiger partial charge in [0.1, 0.15) is 17.3 Å². The average molecular weight is 277 g/mol. The number of hydrogen-bond donors (Lipinski definition) is 1. The Labute approximate surface area is 124 Å². The predicted octanol–water partition coefficient (Wildman–Crippen LogP) is 4.03. The molecule has 3 aromatic rings. The van der Waals surface area contributed by atoms with Gasteiger partial charge in [0.15, 0.2) is 0 Å². The van der Waals surface area contributed by atoms with Crippen LogP contribution in [-0.2, 0) is 13.0 Å². The second-order valence-corrected chi connectivity index (χ2v) is 5.04. The number of aromatic nitrogens is 2. The van der Waals surface area contributed by atoms with Gasteiger partial charge in [-0.3, -0.25) is 0 Å². The summed E-state index contributed by atoms with van der Waals surface area (Å²) in [5.41, 5.74) is 8.29. The number of aryl methyl sites for hydroxylation is 1. The summed E-state index contributed by atoms with van der Waals surface area (Å²) >= 11 is 0. The van der Waals surface area contributed by atoms with Gasteiger partial charge in [-0.05, 0) is 10.8 Å². The molecule has 1 aromatic heterocycles. The van der Waals surface area contributed by atoms with Crippen molar-refractivity contribution in [1.29, 1.82) is 0 Å². The molecule has 0 radical (unpaired) electrons. The molecule has 0 saturated heterocycles. The van der Waals surface area contributed by atoms with Crippen LogP contribution in [0.2, 0.25) is 0 Å². The molecule has 0 saturated carbocycles. The zero-order valence-corrected chi connectivity index (χ0v) is 12.2. The number of nitrogens with zero attached hydrogens (tertiary/aromatic N) is 2. The highest BCUT2D eigenvalue weighted by molar-refractivity contribution is 5.97. The summed E-state index contributed by atoms with van der Waals surface area (Å²) in [6.45, 7) is 6.58. The van der Waals surface area contributed by atoms with E-state index in [1.54, 1.807) is 0 Å². The summed E-state index contributed by atoms with van der Waals surface area (Å²) in [6, 6.07) is 14.6. The van der Waals surface area contributed by atoms with E-state index < -0.39 is 0 Å². The van der Waals surface area contributed by atoms with Crippen LogP contribution >= 0.6 is 0 Å². The van der Waals surface area contributed by atoms with Crippen molar-refractivity contribution >= 4 is 16.6 Å². The maximum atomic E-state index is 6.34. The minimum Gasteiger partial charge on any atom is -0.383 e. The Morgan fingerprint density at radius 2 is 1.95 bits per heavy atom. The fourth-order valence-corrected chi connectivity index (χ4v) is 2.75. The van der Waals surface area contributed by atoms with Crippen LogP contribution in [0, 0.1) is 0 Å². The van der Waals surface area contributed by atoms with Gasteiger partial charge in [-0.2, -0.15) is 0 Å². The summed E-state index contributed by atoms with van der Waals surface area (Å²) < 4.78 is 2.03. The van der Waals surface area contributed by atoms with Crippen LogP contribution in [0.15, 0.2) is 55.1 Å².